The lowest BCUT2D eigenvalue weighted by Gasteiger charge is -2.18. The second-order valence-corrected chi connectivity index (χ2v) is 10.5. The molecule has 0 atom stereocenters. The van der Waals surface area contributed by atoms with Crippen molar-refractivity contribution in [1.82, 2.24) is 4.72 Å². The number of methoxy groups -OCH3 is 1. The molecule has 0 saturated carbocycles. The number of thiophene rings is 1. The second-order valence-electron chi connectivity index (χ2n) is 5.79. The molecule has 1 aromatic heterocycles. The highest BCUT2D eigenvalue weighted by Crippen LogP contribution is 2.32. The summed E-state index contributed by atoms with van der Waals surface area (Å²) >= 11 is 1.53. The largest absolute Gasteiger partial charge is 0.495 e. The average Bonchev–Trinajstić information content (AvgIpc) is 3.22. The molecule has 0 unspecified atom stereocenters. The Morgan fingerprint density at radius 1 is 1.30 bits per heavy atom. The summed E-state index contributed by atoms with van der Waals surface area (Å²) in [6.45, 7) is 0.178. The van der Waals surface area contributed by atoms with Crippen LogP contribution in [0.15, 0.2) is 40.6 Å². The number of amides is 1. The number of benzene rings is 1. The van der Waals surface area contributed by atoms with Gasteiger partial charge >= 0.3 is 0 Å². The second kappa shape index (κ2) is 7.58. The van der Waals surface area contributed by atoms with E-state index in [9.17, 15) is 21.6 Å². The van der Waals surface area contributed by atoms with Crippen LogP contribution < -0.4 is 13.8 Å². The molecular weight excluding hydrogens is 412 g/mol. The summed E-state index contributed by atoms with van der Waals surface area (Å²) in [4.78, 5) is 12.8. The van der Waals surface area contributed by atoms with Crippen LogP contribution in [0, 0.1) is 0 Å². The molecular formula is C16H18N2O6S3. The molecule has 0 spiro atoms. The molecule has 1 aliphatic rings. The molecule has 1 saturated heterocycles. The third kappa shape index (κ3) is 4.15. The fourth-order valence-corrected chi connectivity index (χ4v) is 6.09. The molecule has 11 heteroatoms. The molecule has 3 rings (SSSR count). The van der Waals surface area contributed by atoms with Gasteiger partial charge in [0.2, 0.25) is 26.0 Å². The number of carbonyl (C=O) groups excluding carboxylic acids is 1. The molecule has 1 aromatic carbocycles. The Kier molecular flexibility index (Phi) is 5.56. The van der Waals surface area contributed by atoms with Gasteiger partial charge in [-0.1, -0.05) is 6.07 Å². The zero-order valence-corrected chi connectivity index (χ0v) is 16.9. The number of hydrogen-bond acceptors (Lipinski definition) is 7. The van der Waals surface area contributed by atoms with Gasteiger partial charge in [-0.15, -0.1) is 11.3 Å². The van der Waals surface area contributed by atoms with Gasteiger partial charge in [-0.25, -0.2) is 25.9 Å². The highest BCUT2D eigenvalue weighted by molar-refractivity contribution is 7.94. The van der Waals surface area contributed by atoms with E-state index in [0.717, 1.165) is 10.9 Å². The first-order valence-corrected chi connectivity index (χ1v) is 12.0. The van der Waals surface area contributed by atoms with Crippen LogP contribution in [-0.2, 0) is 31.3 Å². The molecule has 2 heterocycles. The minimum Gasteiger partial charge on any atom is -0.495 e. The van der Waals surface area contributed by atoms with Crippen LogP contribution in [-0.4, -0.2) is 42.2 Å². The number of nitrogens with one attached hydrogen (secondary N) is 1. The van der Waals surface area contributed by atoms with Crippen molar-refractivity contribution in [2.24, 2.45) is 0 Å². The van der Waals surface area contributed by atoms with Crippen molar-refractivity contribution in [2.75, 3.05) is 23.7 Å². The molecule has 2 aromatic rings. The number of anilines is 1. The van der Waals surface area contributed by atoms with Gasteiger partial charge in [0.1, 0.15) is 10.6 Å². The van der Waals surface area contributed by atoms with Crippen molar-refractivity contribution in [2.45, 2.75) is 17.7 Å². The van der Waals surface area contributed by atoms with Crippen LogP contribution in [0.5, 0.6) is 5.75 Å². The smallest absolute Gasteiger partial charge is 0.244 e. The zero-order chi connectivity index (χ0) is 19.7. The number of sulfonamides is 2. The standard InChI is InChI=1S/C16H18N2O6S3/c1-24-14-5-4-12(18-16(19)7-10-26(18,20)21)11-15(14)27(22,23)17-8-6-13-3-2-9-25-13/h2-5,9,11,17H,6-8,10H2,1H3. The first-order valence-electron chi connectivity index (χ1n) is 8.00. The van der Waals surface area contributed by atoms with Gasteiger partial charge in [-0.05, 0) is 36.1 Å². The van der Waals surface area contributed by atoms with Crippen LogP contribution in [0.2, 0.25) is 0 Å². The predicted molar refractivity (Wildman–Crippen MR) is 102 cm³/mol. The quantitative estimate of drug-likeness (QED) is 0.710. The van der Waals surface area contributed by atoms with Crippen molar-refractivity contribution >= 4 is 43.0 Å². The fourth-order valence-electron chi connectivity index (χ4n) is 2.71. The third-order valence-electron chi connectivity index (χ3n) is 3.99. The Morgan fingerprint density at radius 2 is 2.07 bits per heavy atom. The molecule has 0 radical (unpaired) electrons. The van der Waals surface area contributed by atoms with Gasteiger partial charge in [0.15, 0.2) is 0 Å². The fraction of sp³-hybridized carbons (Fsp3) is 0.312. The van der Waals surface area contributed by atoms with Crippen molar-refractivity contribution < 1.29 is 26.4 Å². The highest BCUT2D eigenvalue weighted by Gasteiger charge is 2.37. The summed E-state index contributed by atoms with van der Waals surface area (Å²) in [6, 6.07) is 7.63. The van der Waals surface area contributed by atoms with E-state index < -0.39 is 26.0 Å². The van der Waals surface area contributed by atoms with E-state index in [0.29, 0.717) is 10.7 Å². The molecule has 146 valence electrons. The maximum absolute atomic E-state index is 12.7. The minimum atomic E-state index is -3.97. The molecule has 27 heavy (non-hydrogen) atoms. The highest BCUT2D eigenvalue weighted by atomic mass is 32.2. The van der Waals surface area contributed by atoms with Crippen LogP contribution in [0.1, 0.15) is 11.3 Å². The number of hydrogen-bond donors (Lipinski definition) is 1. The Hall–Kier alpha value is -1.95. The number of nitrogens with zero attached hydrogens (tertiary/aromatic N) is 1. The van der Waals surface area contributed by atoms with E-state index in [1.165, 1.54) is 30.6 Å². The average molecular weight is 431 g/mol. The maximum Gasteiger partial charge on any atom is 0.244 e. The monoisotopic (exact) mass is 430 g/mol. The van der Waals surface area contributed by atoms with Crippen molar-refractivity contribution in [1.29, 1.82) is 0 Å². The van der Waals surface area contributed by atoms with Crippen molar-refractivity contribution in [3.63, 3.8) is 0 Å². The molecule has 0 bridgehead atoms. The Labute approximate surface area is 161 Å². The summed E-state index contributed by atoms with van der Waals surface area (Å²) in [5.74, 6) is -0.820. The van der Waals surface area contributed by atoms with Crippen LogP contribution in [0.3, 0.4) is 0 Å². The zero-order valence-electron chi connectivity index (χ0n) is 14.4. The topological polar surface area (TPSA) is 110 Å². The number of ether oxygens (including phenoxy) is 1. The molecule has 1 aliphatic heterocycles. The molecule has 1 amide bonds. The lowest BCUT2D eigenvalue weighted by molar-refractivity contribution is -0.116. The molecule has 8 nitrogen and oxygen atoms in total. The van der Waals surface area contributed by atoms with Gasteiger partial charge in [-0.3, -0.25) is 4.79 Å². The van der Waals surface area contributed by atoms with E-state index in [4.69, 9.17) is 4.74 Å². The summed E-state index contributed by atoms with van der Waals surface area (Å²) in [7, 11) is -6.44. The van der Waals surface area contributed by atoms with E-state index in [1.54, 1.807) is 0 Å². The van der Waals surface area contributed by atoms with Crippen LogP contribution in [0.4, 0.5) is 5.69 Å². The van der Waals surface area contributed by atoms with Crippen molar-refractivity contribution in [3.05, 3.63) is 40.6 Å². The van der Waals surface area contributed by atoms with Crippen LogP contribution >= 0.6 is 11.3 Å². The normalized spacial score (nSPS) is 16.6. The summed E-state index contributed by atoms with van der Waals surface area (Å²) in [5.41, 5.74) is -0.0167. The summed E-state index contributed by atoms with van der Waals surface area (Å²) in [6.07, 6.45) is 0.396. The molecule has 1 fully saturated rings. The summed E-state index contributed by atoms with van der Waals surface area (Å²) < 4.78 is 57.9. The van der Waals surface area contributed by atoms with E-state index >= 15 is 0 Å². The Morgan fingerprint density at radius 3 is 2.67 bits per heavy atom. The van der Waals surface area contributed by atoms with Crippen molar-refractivity contribution in [3.8, 4) is 5.75 Å². The Bertz CT molecular complexity index is 1050. The van der Waals surface area contributed by atoms with Gasteiger partial charge in [0.25, 0.3) is 0 Å². The lowest BCUT2D eigenvalue weighted by atomic mass is 10.3. The van der Waals surface area contributed by atoms with Gasteiger partial charge in [-0.2, -0.15) is 0 Å². The first-order chi connectivity index (χ1) is 12.7. The Balaban J connectivity index is 1.90. The van der Waals surface area contributed by atoms with Crippen LogP contribution in [0.25, 0.3) is 0 Å². The van der Waals surface area contributed by atoms with E-state index in [1.807, 2.05) is 17.5 Å². The minimum absolute atomic E-state index is 0.0167. The van der Waals surface area contributed by atoms with E-state index in [-0.39, 0.29) is 35.1 Å². The summed E-state index contributed by atoms with van der Waals surface area (Å²) in [5, 5.41) is 1.91. The number of rotatable bonds is 7. The maximum atomic E-state index is 12.7. The predicted octanol–water partition coefficient (Wildman–Crippen LogP) is 1.34. The molecule has 0 aliphatic carbocycles. The van der Waals surface area contributed by atoms with E-state index in [2.05, 4.69) is 4.72 Å². The third-order valence-corrected chi connectivity index (χ3v) is 8.10. The van der Waals surface area contributed by atoms with Gasteiger partial charge in [0.05, 0.1) is 18.6 Å². The van der Waals surface area contributed by atoms with Gasteiger partial charge in [0, 0.05) is 17.8 Å². The lowest BCUT2D eigenvalue weighted by Crippen LogP contribution is -2.30. The SMILES string of the molecule is COc1ccc(N2C(=O)CCS2(=O)=O)cc1S(=O)(=O)NCCc1cccs1. The number of carbonyl (C=O) groups is 1. The van der Waals surface area contributed by atoms with Gasteiger partial charge < -0.3 is 4.74 Å². The molecule has 1 N–H and O–H groups in total. The first kappa shape index (κ1) is 19.8.